The monoisotopic (exact) mass is 361 g/mol. The number of hydrogen-bond acceptors (Lipinski definition) is 5. The molecular weight excluding hydrogens is 334 g/mol. The van der Waals surface area contributed by atoms with E-state index in [0.717, 1.165) is 0 Å². The zero-order chi connectivity index (χ0) is 19.3. The third-order valence-electron chi connectivity index (χ3n) is 4.33. The molecule has 1 amide bonds. The Hall–Kier alpha value is -2.21. The second-order valence-corrected chi connectivity index (χ2v) is 7.61. The number of hydrogen-bond donors (Lipinski definition) is 1. The van der Waals surface area contributed by atoms with Crippen molar-refractivity contribution in [3.63, 3.8) is 0 Å². The van der Waals surface area contributed by atoms with Gasteiger partial charge in [-0.2, -0.15) is 0 Å². The van der Waals surface area contributed by atoms with Gasteiger partial charge in [-0.15, -0.1) is 0 Å². The summed E-state index contributed by atoms with van der Waals surface area (Å²) >= 11 is 0. The van der Waals surface area contributed by atoms with Crippen molar-refractivity contribution >= 4 is 23.3 Å². The molecule has 0 aromatic heterocycles. The summed E-state index contributed by atoms with van der Waals surface area (Å²) < 4.78 is 10.6. The molecule has 1 unspecified atom stereocenters. The molecule has 0 saturated carbocycles. The van der Waals surface area contributed by atoms with E-state index >= 15 is 0 Å². The van der Waals surface area contributed by atoms with E-state index in [9.17, 15) is 14.4 Å². The van der Waals surface area contributed by atoms with Crippen LogP contribution >= 0.6 is 0 Å². The quantitative estimate of drug-likeness (QED) is 0.643. The Morgan fingerprint density at radius 1 is 1.12 bits per heavy atom. The van der Waals surface area contributed by atoms with E-state index in [0.29, 0.717) is 37.3 Å². The molecule has 0 spiro atoms. The molecule has 142 valence electrons. The van der Waals surface area contributed by atoms with Crippen molar-refractivity contribution < 1.29 is 23.9 Å². The Balaban J connectivity index is 1.94. The molecule has 1 fully saturated rings. The Morgan fingerprint density at radius 2 is 1.69 bits per heavy atom. The minimum Gasteiger partial charge on any atom is -0.454 e. The fourth-order valence-electron chi connectivity index (χ4n) is 2.53. The zero-order valence-corrected chi connectivity index (χ0v) is 15.8. The van der Waals surface area contributed by atoms with Crippen LogP contribution in [0, 0.1) is 11.3 Å². The average molecular weight is 361 g/mol. The van der Waals surface area contributed by atoms with Crippen molar-refractivity contribution in [2.24, 2.45) is 11.3 Å². The van der Waals surface area contributed by atoms with Crippen LogP contribution in [0.2, 0.25) is 0 Å². The number of amides is 1. The third-order valence-corrected chi connectivity index (χ3v) is 4.33. The number of benzene rings is 1. The number of carbonyl (C=O) groups excluding carboxylic acids is 3. The Labute approximate surface area is 154 Å². The van der Waals surface area contributed by atoms with Gasteiger partial charge in [0.25, 0.3) is 0 Å². The molecule has 26 heavy (non-hydrogen) atoms. The summed E-state index contributed by atoms with van der Waals surface area (Å²) in [5.41, 5.74) is 0.556. The first kappa shape index (κ1) is 20.1. The van der Waals surface area contributed by atoms with E-state index in [1.54, 1.807) is 31.2 Å². The van der Waals surface area contributed by atoms with E-state index in [1.807, 2.05) is 20.8 Å². The second-order valence-electron chi connectivity index (χ2n) is 7.61. The van der Waals surface area contributed by atoms with Crippen LogP contribution in [0.1, 0.15) is 50.9 Å². The molecule has 1 heterocycles. The lowest BCUT2D eigenvalue weighted by atomic mass is 9.95. The highest BCUT2D eigenvalue weighted by Crippen LogP contribution is 2.20. The molecule has 1 aromatic carbocycles. The fraction of sp³-hybridized carbons (Fsp3) is 0.550. The third kappa shape index (κ3) is 5.39. The molecule has 1 aliphatic rings. The van der Waals surface area contributed by atoms with Crippen LogP contribution < -0.4 is 5.32 Å². The van der Waals surface area contributed by atoms with Gasteiger partial charge in [0.05, 0.1) is 5.92 Å². The van der Waals surface area contributed by atoms with Crippen molar-refractivity contribution in [2.45, 2.75) is 46.6 Å². The molecule has 6 heteroatoms. The van der Waals surface area contributed by atoms with Crippen molar-refractivity contribution in [2.75, 3.05) is 18.5 Å². The SMILES string of the molecule is CC(OC(=O)C1CCOCC1)C(=O)c1ccc(NC(=O)C(C)(C)C)cc1. The van der Waals surface area contributed by atoms with Crippen molar-refractivity contribution in [3.05, 3.63) is 29.8 Å². The van der Waals surface area contributed by atoms with Crippen LogP contribution in [-0.2, 0) is 19.1 Å². The van der Waals surface area contributed by atoms with Gasteiger partial charge in [-0.25, -0.2) is 0 Å². The highest BCUT2D eigenvalue weighted by Gasteiger charge is 2.27. The standard InChI is InChI=1S/C20H27NO5/c1-13(26-18(23)15-9-11-25-12-10-15)17(22)14-5-7-16(8-6-14)21-19(24)20(2,3)4/h5-8,13,15H,9-12H2,1-4H3,(H,21,24). The van der Waals surface area contributed by atoms with Crippen LogP contribution in [-0.4, -0.2) is 37.0 Å². The lowest BCUT2D eigenvalue weighted by molar-refractivity contribution is -0.154. The van der Waals surface area contributed by atoms with E-state index in [4.69, 9.17) is 9.47 Å². The highest BCUT2D eigenvalue weighted by molar-refractivity contribution is 6.01. The van der Waals surface area contributed by atoms with Crippen LogP contribution in [0.25, 0.3) is 0 Å². The minimum atomic E-state index is -0.847. The largest absolute Gasteiger partial charge is 0.454 e. The van der Waals surface area contributed by atoms with Gasteiger partial charge in [-0.1, -0.05) is 20.8 Å². The molecule has 1 aromatic rings. The molecule has 0 bridgehead atoms. The van der Waals surface area contributed by atoms with Crippen LogP contribution in [0.5, 0.6) is 0 Å². The molecular formula is C20H27NO5. The molecule has 1 atom stereocenters. The Morgan fingerprint density at radius 3 is 2.23 bits per heavy atom. The Kier molecular flexibility index (Phi) is 6.53. The van der Waals surface area contributed by atoms with Gasteiger partial charge < -0.3 is 14.8 Å². The van der Waals surface area contributed by atoms with E-state index in [2.05, 4.69) is 5.32 Å². The van der Waals surface area contributed by atoms with Gasteiger partial charge >= 0.3 is 5.97 Å². The van der Waals surface area contributed by atoms with Crippen LogP contribution in [0.3, 0.4) is 0 Å². The maximum Gasteiger partial charge on any atom is 0.309 e. The molecule has 0 radical (unpaired) electrons. The summed E-state index contributed by atoms with van der Waals surface area (Å²) in [5, 5.41) is 2.81. The van der Waals surface area contributed by atoms with Crippen molar-refractivity contribution in [1.29, 1.82) is 0 Å². The first-order chi connectivity index (χ1) is 12.2. The van der Waals surface area contributed by atoms with E-state index in [1.165, 1.54) is 0 Å². The molecule has 6 nitrogen and oxygen atoms in total. The van der Waals surface area contributed by atoms with Gasteiger partial charge in [0.2, 0.25) is 11.7 Å². The lowest BCUT2D eigenvalue weighted by Crippen LogP contribution is -2.31. The normalized spacial score (nSPS) is 16.6. The predicted octanol–water partition coefficient (Wildman–Crippen LogP) is 3.21. The zero-order valence-electron chi connectivity index (χ0n) is 15.8. The summed E-state index contributed by atoms with van der Waals surface area (Å²) in [6, 6.07) is 6.59. The second kappa shape index (κ2) is 8.45. The minimum absolute atomic E-state index is 0.102. The van der Waals surface area contributed by atoms with E-state index < -0.39 is 11.5 Å². The molecule has 1 saturated heterocycles. The number of ketones is 1. The molecule has 1 N–H and O–H groups in total. The first-order valence-electron chi connectivity index (χ1n) is 8.92. The maximum absolute atomic E-state index is 12.5. The van der Waals surface area contributed by atoms with Gasteiger partial charge in [0.15, 0.2) is 6.10 Å². The number of nitrogens with one attached hydrogen (secondary N) is 1. The van der Waals surface area contributed by atoms with Crippen LogP contribution in [0.4, 0.5) is 5.69 Å². The number of carbonyl (C=O) groups is 3. The number of Topliss-reactive ketones (excluding diaryl/α,β-unsaturated/α-hetero) is 1. The maximum atomic E-state index is 12.5. The predicted molar refractivity (Wildman–Crippen MR) is 98.0 cm³/mol. The topological polar surface area (TPSA) is 81.7 Å². The highest BCUT2D eigenvalue weighted by atomic mass is 16.5. The number of anilines is 1. The smallest absolute Gasteiger partial charge is 0.309 e. The van der Waals surface area contributed by atoms with Crippen molar-refractivity contribution in [3.8, 4) is 0 Å². The molecule has 0 aliphatic carbocycles. The molecule has 2 rings (SSSR count). The summed E-state index contributed by atoms with van der Waals surface area (Å²) in [5.74, 6) is -0.911. The fourth-order valence-corrected chi connectivity index (χ4v) is 2.53. The Bertz CT molecular complexity index is 654. The average Bonchev–Trinajstić information content (AvgIpc) is 2.61. The number of rotatable bonds is 5. The van der Waals surface area contributed by atoms with Gasteiger partial charge in [-0.3, -0.25) is 14.4 Å². The van der Waals surface area contributed by atoms with Gasteiger partial charge in [0, 0.05) is 29.9 Å². The van der Waals surface area contributed by atoms with E-state index in [-0.39, 0.29) is 23.6 Å². The number of esters is 1. The summed E-state index contributed by atoms with van der Waals surface area (Å²) in [6.07, 6.45) is 0.407. The summed E-state index contributed by atoms with van der Waals surface area (Å²) in [4.78, 5) is 36.6. The van der Waals surface area contributed by atoms with Crippen LogP contribution in [0.15, 0.2) is 24.3 Å². The summed E-state index contributed by atoms with van der Waals surface area (Å²) in [6.45, 7) is 8.15. The number of ether oxygens (including phenoxy) is 2. The van der Waals surface area contributed by atoms with Crippen molar-refractivity contribution in [1.82, 2.24) is 0 Å². The van der Waals surface area contributed by atoms with Gasteiger partial charge in [0.1, 0.15) is 0 Å². The molecule has 1 aliphatic heterocycles. The van der Waals surface area contributed by atoms with Gasteiger partial charge in [-0.05, 0) is 44.0 Å². The summed E-state index contributed by atoms with van der Waals surface area (Å²) in [7, 11) is 0. The lowest BCUT2D eigenvalue weighted by Gasteiger charge is -2.22. The first-order valence-corrected chi connectivity index (χ1v) is 8.92.